The van der Waals surface area contributed by atoms with Crippen molar-refractivity contribution in [2.75, 3.05) is 0 Å². The van der Waals surface area contributed by atoms with E-state index in [0.717, 1.165) is 21.9 Å². The number of rotatable bonds is 7. The maximum absolute atomic E-state index is 13.0. The van der Waals surface area contributed by atoms with Gasteiger partial charge in [-0.05, 0) is 40.6 Å². The number of nitrogens with one attached hydrogen (secondary N) is 1. The fourth-order valence-corrected chi connectivity index (χ4v) is 3.49. The Kier molecular flexibility index (Phi) is 6.78. The highest BCUT2D eigenvalue weighted by Crippen LogP contribution is 2.28. The first-order valence-corrected chi connectivity index (χ1v) is 10.4. The van der Waals surface area contributed by atoms with Crippen molar-refractivity contribution in [3.63, 3.8) is 0 Å². The molecule has 0 aliphatic rings. The Hall–Kier alpha value is -3.70. The lowest BCUT2D eigenvalue weighted by Gasteiger charge is -2.12. The number of halogens is 2. The standard InChI is InChI=1S/C26H20ClFN2O2/c27-24-8-4-2-6-20(24)17-32-25-14-11-19-5-1-3-7-22(19)23(25)16-29-30-26(31)15-18-9-12-21(28)13-10-18/h1-14,16H,15,17H2,(H,30,31)/b29-16+. The molecule has 32 heavy (non-hydrogen) atoms. The smallest absolute Gasteiger partial charge is 0.244 e. The van der Waals surface area contributed by atoms with Gasteiger partial charge in [-0.1, -0.05) is 72.3 Å². The van der Waals surface area contributed by atoms with E-state index in [9.17, 15) is 9.18 Å². The van der Waals surface area contributed by atoms with Gasteiger partial charge in [0.1, 0.15) is 18.2 Å². The number of fused-ring (bicyclic) bond motifs is 1. The average molecular weight is 447 g/mol. The Bertz CT molecular complexity index is 1270. The third-order valence-corrected chi connectivity index (χ3v) is 5.30. The van der Waals surface area contributed by atoms with Crippen molar-refractivity contribution >= 4 is 34.5 Å². The largest absolute Gasteiger partial charge is 0.488 e. The van der Waals surface area contributed by atoms with Crippen LogP contribution in [0.2, 0.25) is 5.02 Å². The molecule has 1 N–H and O–H groups in total. The van der Waals surface area contributed by atoms with Crippen LogP contribution in [0.15, 0.2) is 90.0 Å². The Morgan fingerprint density at radius 3 is 2.53 bits per heavy atom. The third kappa shape index (κ3) is 5.31. The minimum Gasteiger partial charge on any atom is -0.488 e. The summed E-state index contributed by atoms with van der Waals surface area (Å²) in [5.41, 5.74) is 4.85. The van der Waals surface area contributed by atoms with Crippen molar-refractivity contribution in [3.05, 3.63) is 112 Å². The van der Waals surface area contributed by atoms with Gasteiger partial charge in [0.2, 0.25) is 5.91 Å². The molecule has 160 valence electrons. The third-order valence-electron chi connectivity index (χ3n) is 4.93. The van der Waals surface area contributed by atoms with Gasteiger partial charge < -0.3 is 4.74 Å². The summed E-state index contributed by atoms with van der Waals surface area (Å²) in [5.74, 6) is -0.0146. The number of amides is 1. The van der Waals surface area contributed by atoms with Gasteiger partial charge in [0, 0.05) is 16.1 Å². The highest BCUT2D eigenvalue weighted by Gasteiger charge is 2.09. The molecule has 0 aliphatic heterocycles. The molecule has 0 aromatic heterocycles. The van der Waals surface area contributed by atoms with E-state index < -0.39 is 0 Å². The summed E-state index contributed by atoms with van der Waals surface area (Å²) < 4.78 is 19.1. The highest BCUT2D eigenvalue weighted by atomic mass is 35.5. The molecule has 0 atom stereocenters. The average Bonchev–Trinajstić information content (AvgIpc) is 2.81. The predicted molar refractivity (Wildman–Crippen MR) is 126 cm³/mol. The van der Waals surface area contributed by atoms with Crippen molar-refractivity contribution in [2.24, 2.45) is 5.10 Å². The molecule has 0 fully saturated rings. The number of hydrogen-bond acceptors (Lipinski definition) is 3. The summed E-state index contributed by atoms with van der Waals surface area (Å²) in [4.78, 5) is 12.2. The van der Waals surface area contributed by atoms with Gasteiger partial charge in [0.05, 0.1) is 12.6 Å². The molecule has 4 aromatic carbocycles. The van der Waals surface area contributed by atoms with E-state index in [1.54, 1.807) is 18.3 Å². The maximum atomic E-state index is 13.0. The van der Waals surface area contributed by atoms with Crippen molar-refractivity contribution in [2.45, 2.75) is 13.0 Å². The topological polar surface area (TPSA) is 50.7 Å². The minimum absolute atomic E-state index is 0.100. The van der Waals surface area contributed by atoms with Gasteiger partial charge in [0.25, 0.3) is 0 Å². The minimum atomic E-state index is -0.340. The summed E-state index contributed by atoms with van der Waals surface area (Å²) in [6.07, 6.45) is 1.68. The van der Waals surface area contributed by atoms with Crippen LogP contribution >= 0.6 is 11.6 Å². The van der Waals surface area contributed by atoms with Gasteiger partial charge >= 0.3 is 0 Å². The zero-order valence-corrected chi connectivity index (χ0v) is 17.9. The molecule has 1 amide bonds. The fraction of sp³-hybridized carbons (Fsp3) is 0.0769. The number of hydrogen-bond donors (Lipinski definition) is 1. The molecule has 0 radical (unpaired) electrons. The number of benzene rings is 4. The molecular formula is C26H20ClFN2O2. The van der Waals surface area contributed by atoms with E-state index >= 15 is 0 Å². The van der Waals surface area contributed by atoms with Gasteiger partial charge in [-0.25, -0.2) is 9.82 Å². The molecule has 4 aromatic rings. The molecule has 0 unspecified atom stereocenters. The lowest BCUT2D eigenvalue weighted by Crippen LogP contribution is -2.19. The second-order valence-corrected chi connectivity index (χ2v) is 7.58. The van der Waals surface area contributed by atoms with Crippen LogP contribution in [-0.2, 0) is 17.8 Å². The molecule has 0 saturated carbocycles. The molecule has 0 aliphatic carbocycles. The van der Waals surface area contributed by atoms with Gasteiger partial charge in [-0.15, -0.1) is 0 Å². The monoisotopic (exact) mass is 446 g/mol. The summed E-state index contributed by atoms with van der Waals surface area (Å²) in [6.45, 7) is 0.301. The van der Waals surface area contributed by atoms with Crippen molar-refractivity contribution < 1.29 is 13.9 Å². The Balaban J connectivity index is 1.53. The van der Waals surface area contributed by atoms with E-state index in [2.05, 4.69) is 10.5 Å². The molecule has 0 bridgehead atoms. The summed E-state index contributed by atoms with van der Waals surface area (Å²) in [6, 6.07) is 25.0. The van der Waals surface area contributed by atoms with Gasteiger partial charge in [-0.2, -0.15) is 5.10 Å². The normalized spacial score (nSPS) is 11.1. The highest BCUT2D eigenvalue weighted by molar-refractivity contribution is 6.31. The zero-order chi connectivity index (χ0) is 22.3. The van der Waals surface area contributed by atoms with Crippen LogP contribution in [0.1, 0.15) is 16.7 Å². The summed E-state index contributed by atoms with van der Waals surface area (Å²) in [7, 11) is 0. The molecular weight excluding hydrogens is 427 g/mol. The fourth-order valence-electron chi connectivity index (χ4n) is 3.30. The van der Waals surface area contributed by atoms with E-state index in [0.29, 0.717) is 22.9 Å². The lowest BCUT2D eigenvalue weighted by atomic mass is 10.0. The van der Waals surface area contributed by atoms with Crippen LogP contribution in [0, 0.1) is 5.82 Å². The SMILES string of the molecule is O=C(Cc1ccc(F)cc1)N/N=C/c1c(OCc2ccccc2Cl)ccc2ccccc12. The Labute approximate surface area is 190 Å². The summed E-state index contributed by atoms with van der Waals surface area (Å²) in [5, 5.41) is 6.74. The molecule has 6 heteroatoms. The van der Waals surface area contributed by atoms with Crippen molar-refractivity contribution in [1.29, 1.82) is 0 Å². The van der Waals surface area contributed by atoms with E-state index in [-0.39, 0.29) is 18.1 Å². The molecule has 4 rings (SSSR count). The van der Waals surface area contributed by atoms with Gasteiger partial charge in [-0.3, -0.25) is 4.79 Å². The molecule has 0 spiro atoms. The van der Waals surface area contributed by atoms with E-state index in [1.807, 2.05) is 60.7 Å². The summed E-state index contributed by atoms with van der Waals surface area (Å²) >= 11 is 6.24. The first kappa shape index (κ1) is 21.5. The van der Waals surface area contributed by atoms with Crippen molar-refractivity contribution in [1.82, 2.24) is 5.43 Å². The van der Waals surface area contributed by atoms with Crippen LogP contribution in [0.5, 0.6) is 5.75 Å². The Morgan fingerprint density at radius 1 is 0.969 bits per heavy atom. The zero-order valence-electron chi connectivity index (χ0n) is 17.1. The van der Waals surface area contributed by atoms with E-state index in [1.165, 1.54) is 12.1 Å². The maximum Gasteiger partial charge on any atom is 0.244 e. The Morgan fingerprint density at radius 2 is 1.72 bits per heavy atom. The number of carbonyl (C=O) groups is 1. The van der Waals surface area contributed by atoms with Crippen molar-refractivity contribution in [3.8, 4) is 5.75 Å². The first-order valence-electron chi connectivity index (χ1n) is 10.0. The first-order chi connectivity index (χ1) is 15.6. The van der Waals surface area contributed by atoms with Gasteiger partial charge in [0.15, 0.2) is 0 Å². The van der Waals surface area contributed by atoms with Crippen LogP contribution in [-0.4, -0.2) is 12.1 Å². The van der Waals surface area contributed by atoms with Crippen LogP contribution in [0.4, 0.5) is 4.39 Å². The van der Waals surface area contributed by atoms with Crippen LogP contribution < -0.4 is 10.2 Å². The molecule has 0 saturated heterocycles. The lowest BCUT2D eigenvalue weighted by molar-refractivity contribution is -0.120. The number of ether oxygens (including phenoxy) is 1. The van der Waals surface area contributed by atoms with Crippen LogP contribution in [0.25, 0.3) is 10.8 Å². The molecule has 4 nitrogen and oxygen atoms in total. The predicted octanol–water partition coefficient (Wildman–Crippen LogP) is 5.90. The van der Waals surface area contributed by atoms with Crippen LogP contribution in [0.3, 0.4) is 0 Å². The van der Waals surface area contributed by atoms with E-state index in [4.69, 9.17) is 16.3 Å². The molecule has 0 heterocycles. The number of nitrogens with zero attached hydrogens (tertiary/aromatic N) is 1. The quantitative estimate of drug-likeness (QED) is 0.283. The number of hydrazone groups is 1. The second kappa shape index (κ2) is 10.1. The second-order valence-electron chi connectivity index (χ2n) is 7.18. The number of carbonyl (C=O) groups excluding carboxylic acids is 1.